The van der Waals surface area contributed by atoms with Crippen LogP contribution >= 0.6 is 0 Å². The van der Waals surface area contributed by atoms with E-state index in [1.165, 1.54) is 0 Å². The Morgan fingerprint density at radius 1 is 1.50 bits per heavy atom. The van der Waals surface area contributed by atoms with Crippen LogP contribution in [-0.4, -0.2) is 11.9 Å². The van der Waals surface area contributed by atoms with Gasteiger partial charge in [-0.15, -0.1) is 6.42 Å². The van der Waals surface area contributed by atoms with E-state index in [-0.39, 0.29) is 17.9 Å². The first kappa shape index (κ1) is 10.8. The predicted octanol–water partition coefficient (Wildman–Crippen LogP) is 1.73. The molecule has 1 aliphatic carbocycles. The lowest BCUT2D eigenvalue weighted by atomic mass is 10.0. The summed E-state index contributed by atoms with van der Waals surface area (Å²) in [6.45, 7) is 4.02. The van der Waals surface area contributed by atoms with Crippen molar-refractivity contribution in [2.24, 2.45) is 11.8 Å². The molecule has 0 aliphatic heterocycles. The molecule has 2 nitrogen and oxygen atoms in total. The normalized spacial score (nSPS) is 18.1. The minimum atomic E-state index is -0.136. The molecule has 0 saturated heterocycles. The lowest BCUT2D eigenvalue weighted by Crippen LogP contribution is -2.40. The van der Waals surface area contributed by atoms with E-state index in [0.29, 0.717) is 5.92 Å². The number of hydrogen-bond donors (Lipinski definition) is 1. The van der Waals surface area contributed by atoms with E-state index in [1.807, 2.05) is 26.0 Å². The maximum atomic E-state index is 11.7. The van der Waals surface area contributed by atoms with E-state index >= 15 is 0 Å². The molecule has 76 valence electrons. The Balaban J connectivity index is 2.43. The summed E-state index contributed by atoms with van der Waals surface area (Å²) in [5, 5.41) is 2.89. The van der Waals surface area contributed by atoms with Crippen LogP contribution in [0.15, 0.2) is 12.2 Å². The molecular formula is C12H17NO. The van der Waals surface area contributed by atoms with Gasteiger partial charge >= 0.3 is 0 Å². The number of terminal acetylenes is 1. The van der Waals surface area contributed by atoms with Gasteiger partial charge in [-0.3, -0.25) is 4.79 Å². The van der Waals surface area contributed by atoms with Gasteiger partial charge in [0.1, 0.15) is 0 Å². The summed E-state index contributed by atoms with van der Waals surface area (Å²) in [5.74, 6) is 3.08. The third kappa shape index (κ3) is 2.63. The monoisotopic (exact) mass is 191 g/mol. The van der Waals surface area contributed by atoms with Crippen LogP contribution < -0.4 is 5.32 Å². The lowest BCUT2D eigenvalue weighted by Gasteiger charge is -2.19. The standard InChI is InChI=1S/C12H17NO/c1-4-11(9(2)3)13-12(14)10-7-5-6-8-10/h1,5-6,9-11H,7-8H2,2-3H3,(H,13,14). The van der Waals surface area contributed by atoms with Gasteiger partial charge in [-0.05, 0) is 18.8 Å². The molecule has 2 heteroatoms. The van der Waals surface area contributed by atoms with Crippen LogP contribution in [0.5, 0.6) is 0 Å². The molecule has 0 heterocycles. The third-order valence-electron chi connectivity index (χ3n) is 2.52. The molecule has 1 rings (SSSR count). The van der Waals surface area contributed by atoms with E-state index in [9.17, 15) is 4.79 Å². The van der Waals surface area contributed by atoms with Crippen LogP contribution in [0.3, 0.4) is 0 Å². The fourth-order valence-electron chi connectivity index (χ4n) is 1.50. The molecule has 0 radical (unpaired) electrons. The van der Waals surface area contributed by atoms with Crippen molar-refractivity contribution in [1.29, 1.82) is 0 Å². The van der Waals surface area contributed by atoms with E-state index in [4.69, 9.17) is 6.42 Å². The van der Waals surface area contributed by atoms with Crippen molar-refractivity contribution < 1.29 is 4.79 Å². The molecule has 0 aromatic carbocycles. The molecule has 0 bridgehead atoms. The highest BCUT2D eigenvalue weighted by Gasteiger charge is 2.22. The average molecular weight is 191 g/mol. The number of allylic oxidation sites excluding steroid dienone is 2. The number of nitrogens with one attached hydrogen (secondary N) is 1. The maximum absolute atomic E-state index is 11.7. The highest BCUT2D eigenvalue weighted by atomic mass is 16.1. The first-order chi connectivity index (χ1) is 6.65. The third-order valence-corrected chi connectivity index (χ3v) is 2.52. The number of amides is 1. The van der Waals surface area contributed by atoms with Gasteiger partial charge in [-0.2, -0.15) is 0 Å². The van der Waals surface area contributed by atoms with Gasteiger partial charge in [0.05, 0.1) is 6.04 Å². The molecule has 1 aliphatic rings. The molecule has 14 heavy (non-hydrogen) atoms. The van der Waals surface area contributed by atoms with E-state index in [2.05, 4.69) is 11.2 Å². The molecule has 0 fully saturated rings. The first-order valence-corrected chi connectivity index (χ1v) is 5.06. The first-order valence-electron chi connectivity index (χ1n) is 5.06. The quantitative estimate of drug-likeness (QED) is 0.534. The molecule has 0 aromatic rings. The number of rotatable bonds is 3. The molecule has 0 spiro atoms. The van der Waals surface area contributed by atoms with Gasteiger partial charge in [0.2, 0.25) is 5.91 Å². The highest BCUT2D eigenvalue weighted by molar-refractivity contribution is 5.80. The lowest BCUT2D eigenvalue weighted by molar-refractivity contribution is -0.125. The molecule has 0 aromatic heterocycles. The average Bonchev–Trinajstić information content (AvgIpc) is 2.65. The second kappa shape index (κ2) is 4.85. The predicted molar refractivity (Wildman–Crippen MR) is 57.5 cm³/mol. The Bertz CT molecular complexity index is 265. The highest BCUT2D eigenvalue weighted by Crippen LogP contribution is 2.18. The van der Waals surface area contributed by atoms with E-state index in [0.717, 1.165) is 12.8 Å². The summed E-state index contributed by atoms with van der Waals surface area (Å²) in [6.07, 6.45) is 11.1. The van der Waals surface area contributed by atoms with Gasteiger partial charge in [0.15, 0.2) is 0 Å². The van der Waals surface area contributed by atoms with Crippen LogP contribution in [-0.2, 0) is 4.79 Å². The van der Waals surface area contributed by atoms with E-state index in [1.54, 1.807) is 0 Å². The molecular weight excluding hydrogens is 174 g/mol. The van der Waals surface area contributed by atoms with Crippen molar-refractivity contribution in [3.63, 3.8) is 0 Å². The number of carbonyl (C=O) groups is 1. The van der Waals surface area contributed by atoms with Crippen molar-refractivity contribution in [2.75, 3.05) is 0 Å². The van der Waals surface area contributed by atoms with Crippen LogP contribution in [0.2, 0.25) is 0 Å². The fraction of sp³-hybridized carbons (Fsp3) is 0.583. The molecule has 0 saturated carbocycles. The fourth-order valence-corrected chi connectivity index (χ4v) is 1.50. The maximum Gasteiger partial charge on any atom is 0.224 e. The van der Waals surface area contributed by atoms with Gasteiger partial charge in [-0.1, -0.05) is 31.9 Å². The van der Waals surface area contributed by atoms with Crippen LogP contribution in [0.4, 0.5) is 0 Å². The van der Waals surface area contributed by atoms with Crippen molar-refractivity contribution in [3.05, 3.63) is 12.2 Å². The SMILES string of the molecule is C#CC(NC(=O)C1CC=CC1)C(C)C. The smallest absolute Gasteiger partial charge is 0.224 e. The Labute approximate surface area is 85.8 Å². The topological polar surface area (TPSA) is 29.1 Å². The van der Waals surface area contributed by atoms with Crippen LogP contribution in [0.25, 0.3) is 0 Å². The van der Waals surface area contributed by atoms with Crippen molar-refractivity contribution in [1.82, 2.24) is 5.32 Å². The Morgan fingerprint density at radius 2 is 2.07 bits per heavy atom. The minimum Gasteiger partial charge on any atom is -0.342 e. The zero-order valence-corrected chi connectivity index (χ0v) is 8.79. The number of hydrogen-bond acceptors (Lipinski definition) is 1. The van der Waals surface area contributed by atoms with Gasteiger partial charge < -0.3 is 5.32 Å². The summed E-state index contributed by atoms with van der Waals surface area (Å²) in [4.78, 5) is 11.7. The summed E-state index contributed by atoms with van der Waals surface area (Å²) >= 11 is 0. The van der Waals surface area contributed by atoms with Crippen molar-refractivity contribution in [3.8, 4) is 12.3 Å². The summed E-state index contributed by atoms with van der Waals surface area (Å²) < 4.78 is 0. The number of carbonyl (C=O) groups excluding carboxylic acids is 1. The molecule has 1 atom stereocenters. The largest absolute Gasteiger partial charge is 0.342 e. The Morgan fingerprint density at radius 3 is 2.50 bits per heavy atom. The van der Waals surface area contributed by atoms with Gasteiger partial charge in [0, 0.05) is 5.92 Å². The Kier molecular flexibility index (Phi) is 3.76. The van der Waals surface area contributed by atoms with Gasteiger partial charge in [-0.25, -0.2) is 0 Å². The second-order valence-electron chi connectivity index (χ2n) is 4.04. The zero-order valence-electron chi connectivity index (χ0n) is 8.79. The van der Waals surface area contributed by atoms with Gasteiger partial charge in [0.25, 0.3) is 0 Å². The zero-order chi connectivity index (χ0) is 10.6. The van der Waals surface area contributed by atoms with Crippen molar-refractivity contribution >= 4 is 5.91 Å². The van der Waals surface area contributed by atoms with Crippen molar-refractivity contribution in [2.45, 2.75) is 32.7 Å². The van der Waals surface area contributed by atoms with E-state index < -0.39 is 0 Å². The summed E-state index contributed by atoms with van der Waals surface area (Å²) in [5.41, 5.74) is 0. The molecule has 1 N–H and O–H groups in total. The second-order valence-corrected chi connectivity index (χ2v) is 4.04. The summed E-state index contributed by atoms with van der Waals surface area (Å²) in [7, 11) is 0. The summed E-state index contributed by atoms with van der Waals surface area (Å²) in [6, 6.07) is -0.136. The van der Waals surface area contributed by atoms with Crippen LogP contribution in [0.1, 0.15) is 26.7 Å². The Hall–Kier alpha value is -1.23. The molecule has 1 unspecified atom stereocenters. The van der Waals surface area contributed by atoms with Crippen LogP contribution in [0, 0.1) is 24.2 Å². The minimum absolute atomic E-state index is 0.0895. The molecule has 1 amide bonds.